The second kappa shape index (κ2) is 8.13. The summed E-state index contributed by atoms with van der Waals surface area (Å²) in [4.78, 5) is 2.55. The van der Waals surface area contributed by atoms with Gasteiger partial charge in [0.1, 0.15) is 0 Å². The zero-order valence-electron chi connectivity index (χ0n) is 12.8. The van der Waals surface area contributed by atoms with Crippen LogP contribution >= 0.6 is 0 Å². The van der Waals surface area contributed by atoms with Crippen LogP contribution in [0.5, 0.6) is 0 Å². The molecule has 1 fully saturated rings. The van der Waals surface area contributed by atoms with E-state index in [0.717, 1.165) is 19.7 Å². The van der Waals surface area contributed by atoms with Gasteiger partial charge in [-0.1, -0.05) is 26.7 Å². The molecule has 1 heterocycles. The molecule has 0 saturated carbocycles. The molecule has 1 N–H and O–H groups in total. The summed E-state index contributed by atoms with van der Waals surface area (Å²) in [6.07, 6.45) is 5.36. The average Bonchev–Trinajstić information content (AvgIpc) is 2.26. The van der Waals surface area contributed by atoms with Crippen molar-refractivity contribution in [3.05, 3.63) is 0 Å². The highest BCUT2D eigenvalue weighted by molar-refractivity contribution is 4.78. The van der Waals surface area contributed by atoms with E-state index in [2.05, 4.69) is 37.9 Å². The average molecular weight is 256 g/mol. The second-order valence-electron chi connectivity index (χ2n) is 6.41. The Labute approximate surface area is 113 Å². The van der Waals surface area contributed by atoms with Gasteiger partial charge in [0.15, 0.2) is 0 Å². The van der Waals surface area contributed by atoms with Gasteiger partial charge in [0.25, 0.3) is 0 Å². The first-order chi connectivity index (χ1) is 8.49. The molecular formula is C15H32N2O. The fourth-order valence-electron chi connectivity index (χ4n) is 2.51. The number of hydrogen-bond donors (Lipinski definition) is 1. The van der Waals surface area contributed by atoms with Gasteiger partial charge >= 0.3 is 0 Å². The van der Waals surface area contributed by atoms with Crippen molar-refractivity contribution in [2.24, 2.45) is 0 Å². The Morgan fingerprint density at radius 3 is 2.56 bits per heavy atom. The second-order valence-corrected chi connectivity index (χ2v) is 6.41. The van der Waals surface area contributed by atoms with Gasteiger partial charge in [0.2, 0.25) is 0 Å². The van der Waals surface area contributed by atoms with Crippen LogP contribution in [0.25, 0.3) is 0 Å². The fraction of sp³-hybridized carbons (Fsp3) is 1.00. The van der Waals surface area contributed by atoms with Crippen LogP contribution in [0.1, 0.15) is 53.4 Å². The van der Waals surface area contributed by atoms with E-state index in [1.54, 1.807) is 0 Å². The molecule has 3 heteroatoms. The van der Waals surface area contributed by atoms with Gasteiger partial charge in [0, 0.05) is 19.1 Å². The first-order valence-electron chi connectivity index (χ1n) is 7.59. The minimum Gasteiger partial charge on any atom is -0.373 e. The standard InChI is InChI=1S/C15H32N2O/c1-14(2)16-9-7-5-6-8-10-17-11-12-18-15(3,4)13-17/h14,16H,5-13H2,1-4H3. The molecule has 0 aliphatic carbocycles. The monoisotopic (exact) mass is 256 g/mol. The predicted molar refractivity (Wildman–Crippen MR) is 78.1 cm³/mol. The van der Waals surface area contributed by atoms with E-state index in [-0.39, 0.29) is 5.60 Å². The van der Waals surface area contributed by atoms with Gasteiger partial charge in [-0.25, -0.2) is 0 Å². The van der Waals surface area contributed by atoms with E-state index in [4.69, 9.17) is 4.74 Å². The number of nitrogens with one attached hydrogen (secondary N) is 1. The minimum atomic E-state index is 0.0550. The van der Waals surface area contributed by atoms with Crippen molar-refractivity contribution < 1.29 is 4.74 Å². The number of ether oxygens (including phenoxy) is 1. The fourth-order valence-corrected chi connectivity index (χ4v) is 2.51. The van der Waals surface area contributed by atoms with Crippen molar-refractivity contribution in [1.29, 1.82) is 0 Å². The van der Waals surface area contributed by atoms with E-state index >= 15 is 0 Å². The Balaban J connectivity index is 1.94. The van der Waals surface area contributed by atoms with E-state index in [9.17, 15) is 0 Å². The van der Waals surface area contributed by atoms with Gasteiger partial charge in [-0.15, -0.1) is 0 Å². The lowest BCUT2D eigenvalue weighted by molar-refractivity contribution is -0.0861. The summed E-state index contributed by atoms with van der Waals surface area (Å²) in [7, 11) is 0. The van der Waals surface area contributed by atoms with Crippen molar-refractivity contribution >= 4 is 0 Å². The van der Waals surface area contributed by atoms with Crippen LogP contribution < -0.4 is 5.32 Å². The summed E-state index contributed by atoms with van der Waals surface area (Å²) in [5.74, 6) is 0. The van der Waals surface area contributed by atoms with Gasteiger partial charge in [-0.2, -0.15) is 0 Å². The molecule has 0 aromatic carbocycles. The highest BCUT2D eigenvalue weighted by atomic mass is 16.5. The Morgan fingerprint density at radius 2 is 1.89 bits per heavy atom. The summed E-state index contributed by atoms with van der Waals surface area (Å²) >= 11 is 0. The maximum Gasteiger partial charge on any atom is 0.0753 e. The quantitative estimate of drug-likeness (QED) is 0.676. The Hall–Kier alpha value is -0.120. The van der Waals surface area contributed by atoms with Crippen molar-refractivity contribution in [1.82, 2.24) is 10.2 Å². The SMILES string of the molecule is CC(C)NCCCCCCN1CCOC(C)(C)C1. The van der Waals surface area contributed by atoms with Gasteiger partial charge in [-0.05, 0) is 39.8 Å². The molecule has 1 saturated heterocycles. The van der Waals surface area contributed by atoms with Crippen LogP contribution in [0.15, 0.2) is 0 Å². The third kappa shape index (κ3) is 7.34. The van der Waals surface area contributed by atoms with E-state index < -0.39 is 0 Å². The summed E-state index contributed by atoms with van der Waals surface area (Å²) in [6.45, 7) is 14.3. The normalized spacial score (nSPS) is 20.5. The third-order valence-electron chi connectivity index (χ3n) is 3.46. The highest BCUT2D eigenvalue weighted by Crippen LogP contribution is 2.16. The summed E-state index contributed by atoms with van der Waals surface area (Å²) in [5, 5.41) is 3.47. The lowest BCUT2D eigenvalue weighted by Crippen LogP contribution is -2.48. The lowest BCUT2D eigenvalue weighted by Gasteiger charge is -2.38. The van der Waals surface area contributed by atoms with Gasteiger partial charge < -0.3 is 10.1 Å². The topological polar surface area (TPSA) is 24.5 Å². The van der Waals surface area contributed by atoms with Crippen molar-refractivity contribution in [3.8, 4) is 0 Å². The van der Waals surface area contributed by atoms with Crippen molar-refractivity contribution in [3.63, 3.8) is 0 Å². The molecule has 18 heavy (non-hydrogen) atoms. The molecular weight excluding hydrogens is 224 g/mol. The molecule has 0 aromatic heterocycles. The van der Waals surface area contributed by atoms with Gasteiger partial charge in [0.05, 0.1) is 12.2 Å². The number of rotatable bonds is 8. The first kappa shape index (κ1) is 15.9. The van der Waals surface area contributed by atoms with E-state index in [1.165, 1.54) is 38.8 Å². The minimum absolute atomic E-state index is 0.0550. The molecule has 0 unspecified atom stereocenters. The smallest absolute Gasteiger partial charge is 0.0753 e. The molecule has 0 aromatic rings. The van der Waals surface area contributed by atoms with Crippen molar-refractivity contribution in [2.75, 3.05) is 32.8 Å². The predicted octanol–water partition coefficient (Wildman–Crippen LogP) is 2.66. The molecule has 0 spiro atoms. The van der Waals surface area contributed by atoms with Crippen LogP contribution in [-0.2, 0) is 4.74 Å². The highest BCUT2D eigenvalue weighted by Gasteiger charge is 2.26. The Kier molecular flexibility index (Phi) is 7.20. The number of nitrogens with zero attached hydrogens (tertiary/aromatic N) is 1. The van der Waals surface area contributed by atoms with Crippen LogP contribution in [-0.4, -0.2) is 49.3 Å². The molecule has 1 rings (SSSR count). The Bertz CT molecular complexity index is 217. The van der Waals surface area contributed by atoms with Gasteiger partial charge in [-0.3, -0.25) is 4.90 Å². The largest absolute Gasteiger partial charge is 0.373 e. The number of morpholine rings is 1. The van der Waals surface area contributed by atoms with Crippen LogP contribution in [0.3, 0.4) is 0 Å². The van der Waals surface area contributed by atoms with Crippen molar-refractivity contribution in [2.45, 2.75) is 65.0 Å². The van der Waals surface area contributed by atoms with E-state index in [0.29, 0.717) is 6.04 Å². The lowest BCUT2D eigenvalue weighted by atomic mass is 10.1. The molecule has 0 amide bonds. The zero-order valence-corrected chi connectivity index (χ0v) is 12.8. The van der Waals surface area contributed by atoms with Crippen LogP contribution in [0.4, 0.5) is 0 Å². The molecule has 108 valence electrons. The molecule has 0 radical (unpaired) electrons. The molecule has 1 aliphatic heterocycles. The Morgan fingerprint density at radius 1 is 1.17 bits per heavy atom. The third-order valence-corrected chi connectivity index (χ3v) is 3.46. The zero-order chi connectivity index (χ0) is 13.4. The number of unbranched alkanes of at least 4 members (excludes halogenated alkanes) is 3. The maximum atomic E-state index is 5.73. The van der Waals surface area contributed by atoms with Crippen LogP contribution in [0.2, 0.25) is 0 Å². The maximum absolute atomic E-state index is 5.73. The molecule has 1 aliphatic rings. The molecule has 0 bridgehead atoms. The first-order valence-corrected chi connectivity index (χ1v) is 7.59. The summed E-state index contributed by atoms with van der Waals surface area (Å²) < 4.78 is 5.73. The summed E-state index contributed by atoms with van der Waals surface area (Å²) in [6, 6.07) is 0.626. The van der Waals surface area contributed by atoms with E-state index in [1.807, 2.05) is 0 Å². The summed E-state index contributed by atoms with van der Waals surface area (Å²) in [5.41, 5.74) is 0.0550. The molecule has 3 nitrogen and oxygen atoms in total. The van der Waals surface area contributed by atoms with Crippen LogP contribution in [0, 0.1) is 0 Å². The number of hydrogen-bond acceptors (Lipinski definition) is 3. The molecule has 0 atom stereocenters.